The average molecular weight is 287 g/mol. The summed E-state index contributed by atoms with van der Waals surface area (Å²) in [4.78, 5) is 16.1. The third kappa shape index (κ3) is 4.17. The Morgan fingerprint density at radius 2 is 1.95 bits per heavy atom. The lowest BCUT2D eigenvalue weighted by atomic mass is 10.2. The Balaban J connectivity index is 1.85. The Morgan fingerprint density at radius 1 is 1.24 bits per heavy atom. The Labute approximate surface area is 123 Å². The van der Waals surface area contributed by atoms with Crippen LogP contribution >= 0.6 is 0 Å². The van der Waals surface area contributed by atoms with Crippen LogP contribution in [0.3, 0.4) is 0 Å². The standard InChI is InChI=1S/C15H17N3O3/c1-12-3-6-14(7-4-12)21-10-9-17(2)15-8-5-13(11-16-15)18(19)20/h3-8,11H,9-10H2,1-2H3. The van der Waals surface area contributed by atoms with Crippen molar-refractivity contribution in [3.05, 3.63) is 58.3 Å². The van der Waals surface area contributed by atoms with Crippen LogP contribution in [0.1, 0.15) is 5.56 Å². The maximum Gasteiger partial charge on any atom is 0.287 e. The first kappa shape index (κ1) is 14.8. The van der Waals surface area contributed by atoms with E-state index in [-0.39, 0.29) is 5.69 Å². The SMILES string of the molecule is Cc1ccc(OCCN(C)c2ccc([N+](=O)[O-])cn2)cc1. The molecule has 0 radical (unpaired) electrons. The summed E-state index contributed by atoms with van der Waals surface area (Å²) in [5, 5.41) is 10.6. The molecular weight excluding hydrogens is 270 g/mol. The molecule has 1 heterocycles. The first-order valence-corrected chi connectivity index (χ1v) is 6.57. The molecule has 2 rings (SSSR count). The number of anilines is 1. The van der Waals surface area contributed by atoms with E-state index in [0.29, 0.717) is 19.0 Å². The van der Waals surface area contributed by atoms with E-state index in [0.717, 1.165) is 5.75 Å². The molecule has 0 bridgehead atoms. The van der Waals surface area contributed by atoms with E-state index in [1.807, 2.05) is 43.1 Å². The highest BCUT2D eigenvalue weighted by Gasteiger charge is 2.08. The lowest BCUT2D eigenvalue weighted by Gasteiger charge is -2.18. The maximum absolute atomic E-state index is 10.6. The van der Waals surface area contributed by atoms with E-state index < -0.39 is 4.92 Å². The van der Waals surface area contributed by atoms with Gasteiger partial charge in [-0.3, -0.25) is 10.1 Å². The van der Waals surface area contributed by atoms with Crippen LogP contribution in [0, 0.1) is 17.0 Å². The number of likely N-dealkylation sites (N-methyl/N-ethyl adjacent to an activating group) is 1. The fourth-order valence-corrected chi connectivity index (χ4v) is 1.76. The fraction of sp³-hybridized carbons (Fsp3) is 0.267. The molecule has 0 aliphatic heterocycles. The van der Waals surface area contributed by atoms with Gasteiger partial charge >= 0.3 is 0 Å². The second kappa shape index (κ2) is 6.69. The Kier molecular flexibility index (Phi) is 4.71. The zero-order valence-electron chi connectivity index (χ0n) is 12.0. The molecule has 0 aliphatic rings. The van der Waals surface area contributed by atoms with Crippen LogP contribution in [0.15, 0.2) is 42.6 Å². The minimum absolute atomic E-state index is 0.0111. The van der Waals surface area contributed by atoms with Crippen molar-refractivity contribution in [2.45, 2.75) is 6.92 Å². The molecule has 0 N–H and O–H groups in total. The molecule has 0 unspecified atom stereocenters. The van der Waals surface area contributed by atoms with Gasteiger partial charge in [-0.15, -0.1) is 0 Å². The smallest absolute Gasteiger partial charge is 0.287 e. The zero-order valence-corrected chi connectivity index (χ0v) is 12.0. The Morgan fingerprint density at radius 3 is 2.52 bits per heavy atom. The van der Waals surface area contributed by atoms with Gasteiger partial charge in [0.1, 0.15) is 24.4 Å². The summed E-state index contributed by atoms with van der Waals surface area (Å²) >= 11 is 0. The van der Waals surface area contributed by atoms with E-state index in [4.69, 9.17) is 4.74 Å². The normalized spacial score (nSPS) is 10.2. The number of nitrogens with zero attached hydrogens (tertiary/aromatic N) is 3. The number of ether oxygens (including phenoxy) is 1. The molecule has 0 spiro atoms. The summed E-state index contributed by atoms with van der Waals surface area (Å²) in [6.07, 6.45) is 1.26. The van der Waals surface area contributed by atoms with E-state index in [2.05, 4.69) is 4.98 Å². The van der Waals surface area contributed by atoms with Crippen molar-refractivity contribution in [1.82, 2.24) is 4.98 Å². The number of hydrogen-bond donors (Lipinski definition) is 0. The van der Waals surface area contributed by atoms with Gasteiger partial charge in [0, 0.05) is 13.1 Å². The molecule has 6 heteroatoms. The summed E-state index contributed by atoms with van der Waals surface area (Å²) in [6.45, 7) is 3.18. The van der Waals surface area contributed by atoms with E-state index in [9.17, 15) is 10.1 Å². The number of nitro groups is 1. The monoisotopic (exact) mass is 287 g/mol. The van der Waals surface area contributed by atoms with Gasteiger partial charge in [-0.2, -0.15) is 0 Å². The molecule has 0 saturated heterocycles. The summed E-state index contributed by atoms with van der Waals surface area (Å²) in [6, 6.07) is 10.9. The number of pyridine rings is 1. The van der Waals surface area contributed by atoms with Crippen molar-refractivity contribution < 1.29 is 9.66 Å². The molecule has 6 nitrogen and oxygen atoms in total. The molecule has 0 saturated carbocycles. The summed E-state index contributed by atoms with van der Waals surface area (Å²) in [5.41, 5.74) is 1.18. The van der Waals surface area contributed by atoms with Crippen molar-refractivity contribution in [3.63, 3.8) is 0 Å². The zero-order chi connectivity index (χ0) is 15.2. The molecule has 110 valence electrons. The summed E-state index contributed by atoms with van der Waals surface area (Å²) < 4.78 is 5.64. The number of benzene rings is 1. The molecular formula is C15H17N3O3. The summed E-state index contributed by atoms with van der Waals surface area (Å²) in [7, 11) is 1.87. The minimum atomic E-state index is -0.461. The largest absolute Gasteiger partial charge is 0.492 e. The fourth-order valence-electron chi connectivity index (χ4n) is 1.76. The molecule has 1 aromatic carbocycles. The number of hydrogen-bond acceptors (Lipinski definition) is 5. The van der Waals surface area contributed by atoms with Crippen molar-refractivity contribution >= 4 is 11.5 Å². The molecule has 0 atom stereocenters. The maximum atomic E-state index is 10.6. The van der Waals surface area contributed by atoms with Crippen LogP contribution in [0.25, 0.3) is 0 Å². The van der Waals surface area contributed by atoms with Gasteiger partial charge < -0.3 is 9.64 Å². The Hall–Kier alpha value is -2.63. The topological polar surface area (TPSA) is 68.5 Å². The van der Waals surface area contributed by atoms with Crippen molar-refractivity contribution in [2.24, 2.45) is 0 Å². The van der Waals surface area contributed by atoms with Crippen LogP contribution in [-0.4, -0.2) is 30.1 Å². The number of rotatable bonds is 6. The van der Waals surface area contributed by atoms with E-state index in [1.165, 1.54) is 17.8 Å². The van der Waals surface area contributed by atoms with Gasteiger partial charge in [-0.25, -0.2) is 4.98 Å². The minimum Gasteiger partial charge on any atom is -0.492 e. The van der Waals surface area contributed by atoms with Crippen molar-refractivity contribution in [3.8, 4) is 5.75 Å². The van der Waals surface area contributed by atoms with Gasteiger partial charge in [0.15, 0.2) is 0 Å². The molecule has 0 aliphatic carbocycles. The summed E-state index contributed by atoms with van der Waals surface area (Å²) in [5.74, 6) is 1.50. The lowest BCUT2D eigenvalue weighted by Crippen LogP contribution is -2.24. The van der Waals surface area contributed by atoms with Gasteiger partial charge in [0.05, 0.1) is 11.5 Å². The van der Waals surface area contributed by atoms with Crippen LogP contribution in [0.5, 0.6) is 5.75 Å². The number of aryl methyl sites for hydroxylation is 1. The molecule has 21 heavy (non-hydrogen) atoms. The Bertz CT molecular complexity index is 597. The highest BCUT2D eigenvalue weighted by atomic mass is 16.6. The first-order chi connectivity index (χ1) is 10.1. The van der Waals surface area contributed by atoms with Crippen molar-refractivity contribution in [1.29, 1.82) is 0 Å². The van der Waals surface area contributed by atoms with Gasteiger partial charge in [0.2, 0.25) is 0 Å². The van der Waals surface area contributed by atoms with Crippen LogP contribution in [0.4, 0.5) is 11.5 Å². The molecule has 0 fully saturated rings. The predicted molar refractivity (Wildman–Crippen MR) is 80.8 cm³/mol. The third-order valence-electron chi connectivity index (χ3n) is 3.05. The predicted octanol–water partition coefficient (Wildman–Crippen LogP) is 2.81. The number of aromatic nitrogens is 1. The highest BCUT2D eigenvalue weighted by molar-refractivity contribution is 5.42. The van der Waals surface area contributed by atoms with Gasteiger partial charge in [0.25, 0.3) is 5.69 Å². The second-order valence-corrected chi connectivity index (χ2v) is 4.71. The molecule has 0 amide bonds. The van der Waals surface area contributed by atoms with Crippen molar-refractivity contribution in [2.75, 3.05) is 25.1 Å². The quantitative estimate of drug-likeness (QED) is 0.603. The average Bonchev–Trinajstić information content (AvgIpc) is 2.49. The highest BCUT2D eigenvalue weighted by Crippen LogP contribution is 2.15. The van der Waals surface area contributed by atoms with Crippen LogP contribution in [-0.2, 0) is 0 Å². The third-order valence-corrected chi connectivity index (χ3v) is 3.05. The van der Waals surface area contributed by atoms with E-state index in [1.54, 1.807) is 6.07 Å². The molecule has 2 aromatic rings. The lowest BCUT2D eigenvalue weighted by molar-refractivity contribution is -0.385. The second-order valence-electron chi connectivity index (χ2n) is 4.71. The molecule has 1 aromatic heterocycles. The van der Waals surface area contributed by atoms with Crippen LogP contribution < -0.4 is 9.64 Å². The first-order valence-electron chi connectivity index (χ1n) is 6.57. The van der Waals surface area contributed by atoms with Crippen LogP contribution in [0.2, 0.25) is 0 Å². The van der Waals surface area contributed by atoms with Gasteiger partial charge in [-0.05, 0) is 25.1 Å². The van der Waals surface area contributed by atoms with Gasteiger partial charge in [-0.1, -0.05) is 17.7 Å². The van der Waals surface area contributed by atoms with E-state index >= 15 is 0 Å².